The average molecular weight is 1090 g/mol. The number of para-hydroxylation sites is 6. The van der Waals surface area contributed by atoms with Gasteiger partial charge in [-0.15, -0.1) is 0 Å². The second-order valence-corrected chi connectivity index (χ2v) is 24.5. The van der Waals surface area contributed by atoms with E-state index >= 15 is 0 Å². The number of fused-ring (bicyclic) bond motifs is 10. The zero-order chi connectivity index (χ0) is 75.8. The number of hydrogen-bond donors (Lipinski definition) is 0. The van der Waals surface area contributed by atoms with Crippen molar-refractivity contribution in [3.05, 3.63) is 259 Å². The lowest BCUT2D eigenvalue weighted by molar-refractivity contribution is 0.590. The Labute approximate surface area is 519 Å². The maximum atomic E-state index is 11.2. The van der Waals surface area contributed by atoms with Crippen molar-refractivity contribution < 1.29 is 30.2 Å². The first-order valence-electron chi connectivity index (χ1n) is 38.8. The molecule has 0 bridgehead atoms. The molecule has 5 heteroatoms. The fourth-order valence-electron chi connectivity index (χ4n) is 12.1. The van der Waals surface area contributed by atoms with Crippen LogP contribution in [0.15, 0.2) is 242 Å². The summed E-state index contributed by atoms with van der Waals surface area (Å²) < 4.78 is 216. The van der Waals surface area contributed by atoms with E-state index in [2.05, 4.69) is 41.5 Å². The average Bonchev–Trinajstić information content (AvgIpc) is 1.37. The van der Waals surface area contributed by atoms with Gasteiger partial charge >= 0.3 is 0 Å². The Morgan fingerprint density at radius 3 is 1.02 bits per heavy atom. The van der Waals surface area contributed by atoms with Crippen LogP contribution in [0.4, 0.5) is 34.1 Å². The highest BCUT2D eigenvalue weighted by molar-refractivity contribution is 7.00. The van der Waals surface area contributed by atoms with Crippen molar-refractivity contribution in [2.75, 3.05) is 9.80 Å². The van der Waals surface area contributed by atoms with Crippen molar-refractivity contribution in [3.8, 4) is 33.6 Å². The molecule has 0 aliphatic carbocycles. The zero-order valence-electron chi connectivity index (χ0n) is 69.3. The van der Waals surface area contributed by atoms with Crippen molar-refractivity contribution in [1.29, 1.82) is 0 Å². The van der Waals surface area contributed by atoms with Gasteiger partial charge in [0.25, 0.3) is 6.71 Å². The number of hydrogen-bond acceptors (Lipinski definition) is 2. The van der Waals surface area contributed by atoms with E-state index < -0.39 is 179 Å². The molecule has 0 saturated heterocycles. The first-order chi connectivity index (χ1) is 49.3. The van der Waals surface area contributed by atoms with E-state index in [0.717, 1.165) is 20.3 Å². The summed E-state index contributed by atoms with van der Waals surface area (Å²) in [6.45, 7) is 17.0. The Balaban J connectivity index is 1.18. The predicted octanol–water partition coefficient (Wildman–Crippen LogP) is 19.2. The van der Waals surface area contributed by atoms with Gasteiger partial charge in [0.15, 0.2) is 0 Å². The second-order valence-electron chi connectivity index (χ2n) is 24.5. The highest BCUT2D eigenvalue weighted by atomic mass is 15.2. The van der Waals surface area contributed by atoms with Crippen LogP contribution in [-0.2, 0) is 16.2 Å². The van der Waals surface area contributed by atoms with Gasteiger partial charge in [-0.1, -0.05) is 232 Å². The number of benzene rings is 11. The molecule has 13 aromatic rings. The van der Waals surface area contributed by atoms with Crippen LogP contribution in [0.25, 0.3) is 77.2 Å². The summed E-state index contributed by atoms with van der Waals surface area (Å²) in [4.78, 5) is 3.60. The molecule has 0 unspecified atom stereocenters. The van der Waals surface area contributed by atoms with Crippen LogP contribution in [-0.4, -0.2) is 15.8 Å². The summed E-state index contributed by atoms with van der Waals surface area (Å²) >= 11 is 0. The molecular weight excluding hydrogens is 1000 g/mol. The number of nitrogens with zero attached hydrogens (tertiary/aromatic N) is 4. The molecule has 2 aliphatic rings. The van der Waals surface area contributed by atoms with Crippen molar-refractivity contribution >= 4 is 101 Å². The van der Waals surface area contributed by atoms with Crippen molar-refractivity contribution in [1.82, 2.24) is 9.13 Å². The van der Waals surface area contributed by atoms with Gasteiger partial charge in [0.05, 0.1) is 63.6 Å². The van der Waals surface area contributed by atoms with Crippen LogP contribution in [0.3, 0.4) is 0 Å². The van der Waals surface area contributed by atoms with Crippen LogP contribution in [0.5, 0.6) is 0 Å². The molecule has 0 amide bonds. The lowest BCUT2D eigenvalue weighted by Gasteiger charge is -2.46. The first kappa shape index (κ1) is 32.4. The summed E-state index contributed by atoms with van der Waals surface area (Å²) in [5.74, 6) is 0. The van der Waals surface area contributed by atoms with Crippen molar-refractivity contribution in [2.45, 2.75) is 78.6 Å². The van der Waals surface area contributed by atoms with Gasteiger partial charge in [-0.3, -0.25) is 0 Å². The van der Waals surface area contributed by atoms with E-state index in [9.17, 15) is 19.2 Å². The maximum Gasteiger partial charge on any atom is 0.252 e. The minimum absolute atomic E-state index is 0.124. The maximum absolute atomic E-state index is 11.2. The Hall–Kier alpha value is -9.32. The third kappa shape index (κ3) is 8.03. The molecule has 4 nitrogen and oxygen atoms in total. The first-order valence-corrected chi connectivity index (χ1v) is 27.8. The molecule has 15 rings (SSSR count). The summed E-state index contributed by atoms with van der Waals surface area (Å²) in [6.07, 6.45) is 0. The highest BCUT2D eigenvalue weighted by Gasteiger charge is 2.45. The molecule has 402 valence electrons. The van der Waals surface area contributed by atoms with Crippen molar-refractivity contribution in [3.63, 3.8) is 0 Å². The molecule has 0 saturated carbocycles. The molecule has 0 N–H and O–H groups in total. The fourth-order valence-corrected chi connectivity index (χ4v) is 12.1. The number of aromatic nitrogens is 2. The normalized spacial score (nSPS) is 17.0. The monoisotopic (exact) mass is 1090 g/mol. The Kier molecular flexibility index (Phi) is 7.25. The van der Waals surface area contributed by atoms with Crippen molar-refractivity contribution in [2.24, 2.45) is 0 Å². The minimum Gasteiger partial charge on any atom is -0.311 e. The topological polar surface area (TPSA) is 16.3 Å². The molecule has 2 aliphatic heterocycles. The predicted molar refractivity (Wildman–Crippen MR) is 356 cm³/mol. The van der Waals surface area contributed by atoms with Gasteiger partial charge in [0.2, 0.25) is 0 Å². The third-order valence-electron chi connectivity index (χ3n) is 16.3. The number of rotatable bonds is 6. The summed E-state index contributed by atoms with van der Waals surface area (Å²) in [5.41, 5.74) is 2.69. The van der Waals surface area contributed by atoms with E-state index in [1.165, 1.54) is 0 Å². The van der Waals surface area contributed by atoms with E-state index in [4.69, 9.17) is 11.0 Å². The lowest BCUT2D eigenvalue weighted by Crippen LogP contribution is -2.61. The van der Waals surface area contributed by atoms with E-state index in [1.807, 2.05) is 118 Å². The Morgan fingerprint density at radius 1 is 0.337 bits per heavy atom. The molecule has 0 radical (unpaired) electrons. The van der Waals surface area contributed by atoms with Gasteiger partial charge in [0, 0.05) is 66.8 Å². The van der Waals surface area contributed by atoms with Gasteiger partial charge in [-0.25, -0.2) is 0 Å². The Morgan fingerprint density at radius 2 is 0.675 bits per heavy atom. The van der Waals surface area contributed by atoms with Crippen LogP contribution in [0.1, 0.15) is 109 Å². The van der Waals surface area contributed by atoms with E-state index in [1.54, 1.807) is 21.9 Å². The minimum atomic E-state index is -1.54. The lowest BCUT2D eigenvalue weighted by atomic mass is 9.33. The molecular formula is C78H67BN4. The van der Waals surface area contributed by atoms with Gasteiger partial charge in [0.1, 0.15) is 0 Å². The van der Waals surface area contributed by atoms with Crippen LogP contribution in [0, 0.1) is 0 Å². The van der Waals surface area contributed by atoms with E-state index in [0.29, 0.717) is 56.0 Å². The Bertz CT molecular complexity index is 5570. The molecule has 0 spiro atoms. The molecule has 0 atom stereocenters. The molecule has 0 fully saturated rings. The van der Waals surface area contributed by atoms with E-state index in [-0.39, 0.29) is 54.7 Å². The smallest absolute Gasteiger partial charge is 0.252 e. The van der Waals surface area contributed by atoms with Crippen LogP contribution >= 0.6 is 0 Å². The second kappa shape index (κ2) is 18.6. The largest absolute Gasteiger partial charge is 0.311 e. The fraction of sp³-hybridized carbons (Fsp3) is 0.154. The van der Waals surface area contributed by atoms with Gasteiger partial charge < -0.3 is 18.9 Å². The summed E-state index contributed by atoms with van der Waals surface area (Å²) in [7, 11) is 0. The SMILES string of the molecule is [2H]c1c([2H])c(-n2c3c([2H])c([2H])c([2H])c([2H])c3c3c([2H])c([2H])c([2H])c([2H])c32)c([2H])c2c1B1c3c(cc(C(C)(C)C)cc3N(c3ccccc3-c3ccc(C(C)(C)C)cc3)c3c([2H])c(-n4c5c([2H])c([2H])c([2H])c([2H])c5c5c([2H])c([2H])c([2H])c([2H])c54)c([2H])c([2H])c31)N2c1ccccc1-c1ccc(C(C)(C)C)cc1. The molecule has 11 aromatic carbocycles. The van der Waals surface area contributed by atoms with Crippen LogP contribution < -0.4 is 26.2 Å². The summed E-state index contributed by atoms with van der Waals surface area (Å²) in [5, 5.41) is -1.34. The summed E-state index contributed by atoms with van der Waals surface area (Å²) in [6, 6.07) is 19.3. The molecule has 4 heterocycles. The van der Waals surface area contributed by atoms with Crippen LogP contribution in [0.2, 0.25) is 0 Å². The quantitative estimate of drug-likeness (QED) is 0.154. The number of anilines is 6. The molecule has 2 aromatic heterocycles. The van der Waals surface area contributed by atoms with Gasteiger partial charge in [-0.05, 0) is 133 Å². The highest BCUT2D eigenvalue weighted by Crippen LogP contribution is 2.51. The third-order valence-corrected chi connectivity index (χ3v) is 16.3. The molecule has 83 heavy (non-hydrogen) atoms. The van der Waals surface area contributed by atoms with Gasteiger partial charge in [-0.2, -0.15) is 0 Å². The zero-order valence-corrected chi connectivity index (χ0v) is 47.3. The standard InChI is InChI=1S/C78H67BN4/c1-76(2,3)52-38-34-50(35-39-52)57-22-10-16-28-65(57)82-71-48-55(80-67-30-18-12-24-59(67)60-25-13-19-31-68(60)80)42-44-63(71)79-64-45-43-56(81-69-32-20-14-26-61(69)62-27-15-21-33-70(62)81)49-72(64)83(74-47-54(78(7,8)9)46-73(82)75(74)79)66-29-17-11-23-58(66)51-36-40-53(41-37-51)77(4,5)6/h10-49H,1-9H3/i12D,13D,14D,15D,18D,19D,20D,21D,24D,25D,26D,27D,30D,31D,32D,33D,42D,43D,44D,45D,48D,49D.